The predicted molar refractivity (Wildman–Crippen MR) is 74.3 cm³/mol. The third-order valence-corrected chi connectivity index (χ3v) is 5.35. The maximum atomic E-state index is 12.6. The summed E-state index contributed by atoms with van der Waals surface area (Å²) in [6, 6.07) is 1.34. The lowest BCUT2D eigenvalue weighted by Gasteiger charge is -2.20. The molecule has 1 aliphatic carbocycles. The molecule has 0 unspecified atom stereocenters. The van der Waals surface area contributed by atoms with Gasteiger partial charge in [0.1, 0.15) is 10.6 Å². The molecule has 0 aromatic carbocycles. The van der Waals surface area contributed by atoms with E-state index in [2.05, 4.69) is 0 Å². The van der Waals surface area contributed by atoms with Gasteiger partial charge in [-0.3, -0.25) is 0 Å². The van der Waals surface area contributed by atoms with Crippen LogP contribution in [0.4, 0.5) is 0 Å². The van der Waals surface area contributed by atoms with E-state index in [1.807, 2.05) is 6.92 Å². The summed E-state index contributed by atoms with van der Waals surface area (Å²) >= 11 is 0. The van der Waals surface area contributed by atoms with Crippen molar-refractivity contribution in [3.63, 3.8) is 0 Å². The van der Waals surface area contributed by atoms with E-state index in [1.165, 1.54) is 21.1 Å². The summed E-state index contributed by atoms with van der Waals surface area (Å²) in [4.78, 5) is 11.2. The summed E-state index contributed by atoms with van der Waals surface area (Å²) in [7, 11) is -3.60. The van der Waals surface area contributed by atoms with Crippen molar-refractivity contribution >= 4 is 16.0 Å². The summed E-state index contributed by atoms with van der Waals surface area (Å²) in [6.45, 7) is 4.62. The van der Waals surface area contributed by atoms with Crippen LogP contribution in [0.1, 0.15) is 43.6 Å². The van der Waals surface area contributed by atoms with Gasteiger partial charge in [-0.1, -0.05) is 6.92 Å². The van der Waals surface area contributed by atoms with Crippen LogP contribution in [0.2, 0.25) is 0 Å². The van der Waals surface area contributed by atoms with E-state index in [0.717, 1.165) is 19.3 Å². The van der Waals surface area contributed by atoms with Crippen LogP contribution in [-0.2, 0) is 16.6 Å². The number of hydrogen-bond acceptors (Lipinski definition) is 3. The van der Waals surface area contributed by atoms with E-state index >= 15 is 0 Å². The fourth-order valence-electron chi connectivity index (χ4n) is 2.28. The minimum Gasteiger partial charge on any atom is -0.477 e. The van der Waals surface area contributed by atoms with E-state index < -0.39 is 16.0 Å². The third kappa shape index (κ3) is 2.73. The van der Waals surface area contributed by atoms with Crippen molar-refractivity contribution in [3.8, 4) is 0 Å². The molecule has 1 fully saturated rings. The quantitative estimate of drug-likeness (QED) is 0.832. The lowest BCUT2D eigenvalue weighted by atomic mass is 10.4. The van der Waals surface area contributed by atoms with Crippen molar-refractivity contribution in [2.45, 2.75) is 50.6 Å². The number of aromatic carboxylic acids is 1. The van der Waals surface area contributed by atoms with Gasteiger partial charge >= 0.3 is 5.97 Å². The molecule has 0 bridgehead atoms. The van der Waals surface area contributed by atoms with Gasteiger partial charge in [0.15, 0.2) is 0 Å². The minimum atomic E-state index is -3.60. The van der Waals surface area contributed by atoms with Gasteiger partial charge in [-0.15, -0.1) is 0 Å². The number of rotatable bonds is 7. The molecule has 1 aliphatic rings. The van der Waals surface area contributed by atoms with Crippen molar-refractivity contribution in [3.05, 3.63) is 18.0 Å². The maximum Gasteiger partial charge on any atom is 0.352 e. The first-order valence-electron chi connectivity index (χ1n) is 6.87. The lowest BCUT2D eigenvalue weighted by molar-refractivity contribution is 0.0685. The highest BCUT2D eigenvalue weighted by atomic mass is 32.2. The van der Waals surface area contributed by atoms with Crippen LogP contribution < -0.4 is 0 Å². The fourth-order valence-corrected chi connectivity index (χ4v) is 4.10. The summed E-state index contributed by atoms with van der Waals surface area (Å²) < 4.78 is 28.2. The Morgan fingerprint density at radius 1 is 1.45 bits per heavy atom. The zero-order valence-electron chi connectivity index (χ0n) is 11.7. The molecule has 1 heterocycles. The van der Waals surface area contributed by atoms with Gasteiger partial charge in [-0.05, 0) is 32.3 Å². The number of carboxylic acid groups (broad SMARTS) is 1. The Morgan fingerprint density at radius 2 is 2.10 bits per heavy atom. The number of hydrogen-bond donors (Lipinski definition) is 1. The average Bonchev–Trinajstić information content (AvgIpc) is 3.11. The highest BCUT2D eigenvalue weighted by molar-refractivity contribution is 7.89. The molecule has 0 spiro atoms. The van der Waals surface area contributed by atoms with Gasteiger partial charge in [0.05, 0.1) is 0 Å². The first-order valence-corrected chi connectivity index (χ1v) is 8.31. The van der Waals surface area contributed by atoms with Crippen LogP contribution in [0.3, 0.4) is 0 Å². The standard InChI is InChI=1S/C13H20N2O4S/c1-3-7-15(10-5-6-10)20(18,19)11-8-12(13(16)17)14(4-2)9-11/h8-10H,3-7H2,1-2H3,(H,16,17). The normalized spacial score (nSPS) is 15.8. The molecule has 1 aromatic heterocycles. The summed E-state index contributed by atoms with van der Waals surface area (Å²) in [5, 5.41) is 9.11. The Balaban J connectivity index is 2.40. The van der Waals surface area contributed by atoms with Gasteiger partial charge in [-0.25, -0.2) is 13.2 Å². The Bertz CT molecular complexity index is 602. The highest BCUT2D eigenvalue weighted by Gasteiger charge is 2.38. The summed E-state index contributed by atoms with van der Waals surface area (Å²) in [6.07, 6.45) is 3.94. The van der Waals surface area contributed by atoms with Crippen LogP contribution in [0.25, 0.3) is 0 Å². The molecular formula is C13H20N2O4S. The van der Waals surface area contributed by atoms with Crippen LogP contribution in [0.5, 0.6) is 0 Å². The van der Waals surface area contributed by atoms with Gasteiger partial charge in [0.25, 0.3) is 0 Å². The van der Waals surface area contributed by atoms with Crippen LogP contribution in [0, 0.1) is 0 Å². The van der Waals surface area contributed by atoms with Crippen molar-refractivity contribution in [1.82, 2.24) is 8.87 Å². The zero-order chi connectivity index (χ0) is 14.9. The Morgan fingerprint density at radius 3 is 2.50 bits per heavy atom. The van der Waals surface area contributed by atoms with Crippen LogP contribution in [-0.4, -0.2) is 41.0 Å². The first-order chi connectivity index (χ1) is 9.41. The van der Waals surface area contributed by atoms with Gasteiger partial charge in [-0.2, -0.15) is 4.31 Å². The smallest absolute Gasteiger partial charge is 0.352 e. The lowest BCUT2D eigenvalue weighted by Crippen LogP contribution is -2.33. The van der Waals surface area contributed by atoms with E-state index in [-0.39, 0.29) is 16.6 Å². The molecule has 20 heavy (non-hydrogen) atoms. The fraction of sp³-hybridized carbons (Fsp3) is 0.615. The minimum absolute atomic E-state index is 0.0123. The highest BCUT2D eigenvalue weighted by Crippen LogP contribution is 2.32. The number of carboxylic acids is 1. The molecule has 7 heteroatoms. The molecule has 1 N–H and O–H groups in total. The Hall–Kier alpha value is -1.34. The molecule has 0 amide bonds. The molecule has 0 radical (unpaired) electrons. The second-order valence-corrected chi connectivity index (χ2v) is 6.89. The topological polar surface area (TPSA) is 79.6 Å². The Kier molecular flexibility index (Phi) is 4.19. The Labute approximate surface area is 119 Å². The summed E-state index contributed by atoms with van der Waals surface area (Å²) in [5.74, 6) is -1.11. The second-order valence-electron chi connectivity index (χ2n) is 5.00. The molecule has 0 saturated heterocycles. The largest absolute Gasteiger partial charge is 0.477 e. The van der Waals surface area contributed by atoms with Crippen molar-refractivity contribution in [1.29, 1.82) is 0 Å². The average molecular weight is 300 g/mol. The van der Waals surface area contributed by atoms with Gasteiger partial charge < -0.3 is 9.67 Å². The third-order valence-electron chi connectivity index (χ3n) is 3.44. The molecule has 6 nitrogen and oxygen atoms in total. The molecule has 2 rings (SSSR count). The van der Waals surface area contributed by atoms with E-state index in [0.29, 0.717) is 13.1 Å². The SMILES string of the molecule is CCCN(C1CC1)S(=O)(=O)c1cc(C(=O)O)n(CC)c1. The number of aryl methyl sites for hydroxylation is 1. The van der Waals surface area contributed by atoms with Crippen molar-refractivity contribution < 1.29 is 18.3 Å². The number of carbonyl (C=O) groups is 1. The van der Waals surface area contributed by atoms with E-state index in [9.17, 15) is 13.2 Å². The molecule has 0 atom stereocenters. The van der Waals surface area contributed by atoms with Crippen LogP contribution in [0.15, 0.2) is 17.2 Å². The number of aromatic nitrogens is 1. The number of nitrogens with zero attached hydrogens (tertiary/aromatic N) is 2. The van der Waals surface area contributed by atoms with Gasteiger partial charge in [0, 0.05) is 25.3 Å². The number of sulfonamides is 1. The first kappa shape index (κ1) is 15.1. The van der Waals surface area contributed by atoms with E-state index in [1.54, 1.807) is 6.92 Å². The molecular weight excluding hydrogens is 280 g/mol. The monoisotopic (exact) mass is 300 g/mol. The summed E-state index contributed by atoms with van der Waals surface area (Å²) in [5.41, 5.74) is 0.0123. The second kappa shape index (κ2) is 5.57. The molecule has 1 aromatic rings. The van der Waals surface area contributed by atoms with Crippen molar-refractivity contribution in [2.24, 2.45) is 0 Å². The molecule has 1 saturated carbocycles. The van der Waals surface area contributed by atoms with Crippen molar-refractivity contribution in [2.75, 3.05) is 6.54 Å². The maximum absolute atomic E-state index is 12.6. The zero-order valence-corrected chi connectivity index (χ0v) is 12.6. The van der Waals surface area contributed by atoms with E-state index in [4.69, 9.17) is 5.11 Å². The van der Waals surface area contributed by atoms with Crippen LogP contribution >= 0.6 is 0 Å². The predicted octanol–water partition coefficient (Wildman–Crippen LogP) is 1.77. The molecule has 112 valence electrons. The van der Waals surface area contributed by atoms with Gasteiger partial charge in [0.2, 0.25) is 10.0 Å². The molecule has 0 aliphatic heterocycles.